The van der Waals surface area contributed by atoms with E-state index in [1.54, 1.807) is 0 Å². The van der Waals surface area contributed by atoms with Gasteiger partial charge in [-0.25, -0.2) is 0 Å². The Labute approximate surface area is 148 Å². The molecule has 0 aliphatic heterocycles. The lowest BCUT2D eigenvalue weighted by molar-refractivity contribution is -0.304. The van der Waals surface area contributed by atoms with E-state index in [1.165, 1.54) is 6.92 Å². The second kappa shape index (κ2) is 13.5. The maximum Gasteiger partial charge on any atom is 0.0679 e. The van der Waals surface area contributed by atoms with Gasteiger partial charge in [0.2, 0.25) is 0 Å². The number of carbonyl (C=O) groups excluding carboxylic acids is 4. The molecule has 0 bridgehead atoms. The molecule has 0 saturated heterocycles. The van der Waals surface area contributed by atoms with Gasteiger partial charge in [0.25, 0.3) is 0 Å². The zero-order valence-electron chi connectivity index (χ0n) is 13.8. The van der Waals surface area contributed by atoms with Crippen LogP contribution in [0.2, 0.25) is 0 Å². The van der Waals surface area contributed by atoms with E-state index in [4.69, 9.17) is 15.3 Å². The van der Waals surface area contributed by atoms with Crippen LogP contribution in [0.1, 0.15) is 26.2 Å². The Bertz CT molecular complexity index is 546. The number of aliphatic hydroxyl groups excluding tert-OH is 3. The fourth-order valence-electron chi connectivity index (χ4n) is 1.64. The maximum atomic E-state index is 10.5. The largest absolute Gasteiger partial charge is 0.545 e. The highest BCUT2D eigenvalue weighted by Crippen LogP contribution is 2.11. The van der Waals surface area contributed by atoms with E-state index in [9.17, 15) is 39.6 Å². The molecule has 26 heavy (non-hydrogen) atoms. The normalized spacial score (nSPS) is 13.0. The molecular weight excluding hydrogens is 356 g/mol. The third kappa shape index (κ3) is 11.7. The van der Waals surface area contributed by atoms with Crippen LogP contribution in [0.3, 0.4) is 0 Å². The molecule has 0 rings (SSSR count). The molecule has 0 aromatic carbocycles. The van der Waals surface area contributed by atoms with Crippen molar-refractivity contribution in [1.29, 1.82) is 0 Å². The van der Waals surface area contributed by atoms with Crippen LogP contribution in [-0.2, 0) is 19.2 Å². The Balaban J connectivity index is 0. The molecule has 0 aromatic rings. The van der Waals surface area contributed by atoms with Crippen LogP contribution in [0, 0.1) is 0 Å². The first-order valence-electron chi connectivity index (χ1n) is 7.15. The predicted octanol–water partition coefficient (Wildman–Crippen LogP) is -6.27. The number of rotatable bonds is 10. The van der Waals surface area contributed by atoms with Crippen LogP contribution in [0.4, 0.5) is 0 Å². The number of carboxylic acid groups (broad SMARTS) is 4. The Hall–Kier alpha value is -2.76. The quantitative estimate of drug-likeness (QED) is 0.305. The van der Waals surface area contributed by atoms with Crippen LogP contribution in [-0.4, -0.2) is 58.5 Å². The average Bonchev–Trinajstić information content (AvgIpc) is 2.49. The molecular formula is C15H18O11-4. The van der Waals surface area contributed by atoms with Gasteiger partial charge in [0.15, 0.2) is 0 Å². The molecule has 0 aromatic heterocycles. The molecule has 0 heterocycles. The first kappa shape index (κ1) is 25.5. The summed E-state index contributed by atoms with van der Waals surface area (Å²) >= 11 is 0. The van der Waals surface area contributed by atoms with Crippen molar-refractivity contribution in [3.05, 3.63) is 22.8 Å². The lowest BCUT2D eigenvalue weighted by atomic mass is 10.0. The van der Waals surface area contributed by atoms with Crippen molar-refractivity contribution < 1.29 is 54.9 Å². The minimum absolute atomic E-state index is 0.268. The smallest absolute Gasteiger partial charge is 0.0679 e. The van der Waals surface area contributed by atoms with Gasteiger partial charge in [-0.1, -0.05) is 0 Å². The van der Waals surface area contributed by atoms with Gasteiger partial charge in [0.1, 0.15) is 0 Å². The van der Waals surface area contributed by atoms with Gasteiger partial charge in [0, 0.05) is 13.2 Å². The zero-order valence-corrected chi connectivity index (χ0v) is 13.8. The highest BCUT2D eigenvalue weighted by Gasteiger charge is 2.08. The molecule has 0 fully saturated rings. The summed E-state index contributed by atoms with van der Waals surface area (Å²) < 4.78 is 0. The zero-order chi connectivity index (χ0) is 20.9. The highest BCUT2D eigenvalue weighted by atomic mass is 16.4. The lowest BCUT2D eigenvalue weighted by Gasteiger charge is -2.15. The Morgan fingerprint density at radius 3 is 1.42 bits per heavy atom. The van der Waals surface area contributed by atoms with E-state index in [0.29, 0.717) is 6.08 Å². The number of aliphatic hydroxyl groups is 3. The standard InChI is InChI=1S/C8H12O6.C7H10O5/c9-3-1-5(7(11)12)6(2-4-10)8(13)14;1-4(8)2-5(7(11)12)3-6(9)10/h9-10H,1-4H2,(H,11,12)(H,13,14);3-4,8H,2H2,1H3,(H,9,10)(H,11,12)/p-4/b6-5-;5-3-. The first-order chi connectivity index (χ1) is 12.0. The third-order valence-corrected chi connectivity index (χ3v) is 2.65. The van der Waals surface area contributed by atoms with Crippen molar-refractivity contribution in [2.24, 2.45) is 0 Å². The molecule has 0 radical (unpaired) electrons. The second-order valence-electron chi connectivity index (χ2n) is 4.81. The van der Waals surface area contributed by atoms with Crippen LogP contribution >= 0.6 is 0 Å². The van der Waals surface area contributed by atoms with Crippen LogP contribution < -0.4 is 20.4 Å². The van der Waals surface area contributed by atoms with Gasteiger partial charge in [-0.3, -0.25) is 0 Å². The van der Waals surface area contributed by atoms with E-state index >= 15 is 0 Å². The molecule has 0 amide bonds. The lowest BCUT2D eigenvalue weighted by Crippen LogP contribution is -2.32. The van der Waals surface area contributed by atoms with Crippen molar-refractivity contribution in [2.75, 3.05) is 13.2 Å². The summed E-state index contributed by atoms with van der Waals surface area (Å²) in [7, 11) is 0. The monoisotopic (exact) mass is 374 g/mol. The fraction of sp³-hybridized carbons (Fsp3) is 0.467. The van der Waals surface area contributed by atoms with Crippen molar-refractivity contribution >= 4 is 23.9 Å². The van der Waals surface area contributed by atoms with Gasteiger partial charge in [0.05, 0.1) is 30.0 Å². The number of aliphatic carboxylic acids is 4. The SMILES string of the molecule is CC(O)C/C(=C/C(=O)[O-])C(=O)[O-].O=C([O-])/C(CCO)=C(/CCO)C(=O)[O-]. The number of hydrogen-bond acceptors (Lipinski definition) is 11. The summed E-state index contributed by atoms with van der Waals surface area (Å²) in [6, 6.07) is 0. The van der Waals surface area contributed by atoms with Gasteiger partial charge in [-0.05, 0) is 49.0 Å². The molecule has 0 aliphatic carbocycles. The fourth-order valence-corrected chi connectivity index (χ4v) is 1.64. The van der Waals surface area contributed by atoms with Crippen LogP contribution in [0.15, 0.2) is 22.8 Å². The van der Waals surface area contributed by atoms with Gasteiger partial charge >= 0.3 is 0 Å². The number of carboxylic acids is 4. The van der Waals surface area contributed by atoms with E-state index in [1.807, 2.05) is 0 Å². The summed E-state index contributed by atoms with van der Waals surface area (Å²) in [5.74, 6) is -6.58. The summed E-state index contributed by atoms with van der Waals surface area (Å²) in [5.41, 5.74) is -1.56. The third-order valence-electron chi connectivity index (χ3n) is 2.65. The number of carbonyl (C=O) groups is 4. The summed E-state index contributed by atoms with van der Waals surface area (Å²) in [4.78, 5) is 41.0. The van der Waals surface area contributed by atoms with Gasteiger partial charge < -0.3 is 54.9 Å². The van der Waals surface area contributed by atoms with Crippen LogP contribution in [0.25, 0.3) is 0 Å². The molecule has 0 saturated carbocycles. The van der Waals surface area contributed by atoms with E-state index in [-0.39, 0.29) is 19.3 Å². The molecule has 11 heteroatoms. The molecule has 11 nitrogen and oxygen atoms in total. The van der Waals surface area contributed by atoms with Gasteiger partial charge in [-0.15, -0.1) is 0 Å². The Kier molecular flexibility index (Phi) is 13.3. The molecule has 3 N–H and O–H groups in total. The highest BCUT2D eigenvalue weighted by molar-refractivity contribution is 5.97. The molecule has 0 aliphatic rings. The van der Waals surface area contributed by atoms with Gasteiger partial charge in [-0.2, -0.15) is 0 Å². The van der Waals surface area contributed by atoms with E-state index < -0.39 is 59.9 Å². The van der Waals surface area contributed by atoms with Crippen molar-refractivity contribution in [1.82, 2.24) is 0 Å². The van der Waals surface area contributed by atoms with Crippen molar-refractivity contribution in [2.45, 2.75) is 32.3 Å². The summed E-state index contributed by atoms with van der Waals surface area (Å²) in [6.07, 6.45) is -1.47. The first-order valence-corrected chi connectivity index (χ1v) is 7.15. The Morgan fingerprint density at radius 1 is 0.846 bits per heavy atom. The predicted molar refractivity (Wildman–Crippen MR) is 74.8 cm³/mol. The molecule has 148 valence electrons. The average molecular weight is 374 g/mol. The van der Waals surface area contributed by atoms with Crippen molar-refractivity contribution in [3.8, 4) is 0 Å². The minimum Gasteiger partial charge on any atom is -0.545 e. The number of hydrogen-bond donors (Lipinski definition) is 3. The summed E-state index contributed by atoms with van der Waals surface area (Å²) in [6.45, 7) is 0.323. The van der Waals surface area contributed by atoms with E-state index in [0.717, 1.165) is 0 Å². The molecule has 1 unspecified atom stereocenters. The molecule has 0 spiro atoms. The van der Waals surface area contributed by atoms with E-state index in [2.05, 4.69) is 0 Å². The van der Waals surface area contributed by atoms with Crippen molar-refractivity contribution in [3.63, 3.8) is 0 Å². The molecule has 1 atom stereocenters. The summed E-state index contributed by atoms with van der Waals surface area (Å²) in [5, 5.41) is 66.7. The van der Waals surface area contributed by atoms with Crippen LogP contribution in [0.5, 0.6) is 0 Å². The topological polar surface area (TPSA) is 221 Å². The Morgan fingerprint density at radius 2 is 1.23 bits per heavy atom. The minimum atomic E-state index is -1.67. The maximum absolute atomic E-state index is 10.5. The second-order valence-corrected chi connectivity index (χ2v) is 4.81.